The van der Waals surface area contributed by atoms with Crippen molar-refractivity contribution in [2.24, 2.45) is 11.3 Å². The molecular weight excluding hydrogens is 302 g/mol. The van der Waals surface area contributed by atoms with E-state index < -0.39 is 99.0 Å². The Balaban J connectivity index is 2.44. The first-order chi connectivity index (χ1) is 18.7. The molecule has 0 saturated carbocycles. The van der Waals surface area contributed by atoms with Gasteiger partial charge in [0, 0.05) is 39.6 Å². The summed E-state index contributed by atoms with van der Waals surface area (Å²) in [6, 6.07) is -0.535. The number of nitrogens with zero attached hydrogens (tertiary/aromatic N) is 1. The molecule has 24 heavy (non-hydrogen) atoms. The maximum atomic E-state index is 11.5. The van der Waals surface area contributed by atoms with E-state index in [9.17, 15) is 5.11 Å². The molecule has 0 aromatic heterocycles. The van der Waals surface area contributed by atoms with Crippen LogP contribution in [-0.4, -0.2) is 43.3 Å². The second-order valence-electron chi connectivity index (χ2n) is 5.68. The lowest BCUT2D eigenvalue weighted by Crippen LogP contribution is -2.48. The third-order valence-corrected chi connectivity index (χ3v) is 3.67. The zero-order chi connectivity index (χ0) is 34.0. The molecule has 0 spiro atoms. The van der Waals surface area contributed by atoms with Crippen molar-refractivity contribution >= 4 is 0 Å². The molecule has 1 N–H and O–H groups in total. The standard InChI is InChI=1S/C20H31NO3/c1-20(2,3)11-14-12-21-7-6-13-8-18(23-4)19(24-5)9-15(13)16(21)10-17(14)22/h8-9,14,16-17,22H,6-7,10-12H2,1-5H3/i1D3,2D3,4D3,6D2,7D2,10D2,11D2,14D,17D. The second-order valence-corrected chi connectivity index (χ2v) is 5.68. The maximum Gasteiger partial charge on any atom is 0.161 e. The van der Waals surface area contributed by atoms with Crippen molar-refractivity contribution < 1.29 is 40.6 Å². The van der Waals surface area contributed by atoms with Gasteiger partial charge in [0.1, 0.15) is 0 Å². The molecule has 3 rings (SSSR count). The lowest BCUT2D eigenvalue weighted by Gasteiger charge is -2.47. The molecule has 0 amide bonds. The van der Waals surface area contributed by atoms with Crippen LogP contribution < -0.4 is 9.47 Å². The van der Waals surface area contributed by atoms with Crippen molar-refractivity contribution in [1.29, 1.82) is 0 Å². The first-order valence-corrected chi connectivity index (χ1v) is 7.13. The number of piperidine rings is 1. The van der Waals surface area contributed by atoms with E-state index in [1.54, 1.807) is 0 Å². The van der Waals surface area contributed by atoms with Gasteiger partial charge in [0.15, 0.2) is 11.5 Å². The highest BCUT2D eigenvalue weighted by Crippen LogP contribution is 2.44. The van der Waals surface area contributed by atoms with Crippen LogP contribution in [0.4, 0.5) is 0 Å². The molecule has 1 aromatic carbocycles. The fraction of sp³-hybridized carbons (Fsp3) is 0.700. The molecule has 1 saturated heterocycles. The summed E-state index contributed by atoms with van der Waals surface area (Å²) < 4.78 is 167. The Morgan fingerprint density at radius 2 is 2.25 bits per heavy atom. The van der Waals surface area contributed by atoms with Gasteiger partial charge < -0.3 is 14.6 Å². The summed E-state index contributed by atoms with van der Waals surface area (Å²) in [5.74, 6) is -4.76. The molecule has 0 aliphatic carbocycles. The molecule has 1 fully saturated rings. The number of benzene rings is 1. The number of aliphatic hydroxyl groups is 1. The van der Waals surface area contributed by atoms with Gasteiger partial charge in [-0.1, -0.05) is 20.6 Å². The predicted molar refractivity (Wildman–Crippen MR) is 95.7 cm³/mol. The highest BCUT2D eigenvalue weighted by molar-refractivity contribution is 5.49. The number of hydrogen-bond acceptors (Lipinski definition) is 4. The van der Waals surface area contributed by atoms with Crippen molar-refractivity contribution in [2.75, 3.05) is 27.2 Å². The summed E-state index contributed by atoms with van der Waals surface area (Å²) in [5, 5.41) is 11.5. The maximum absolute atomic E-state index is 11.5. The summed E-state index contributed by atoms with van der Waals surface area (Å²) in [7, 11) is -2.02. The van der Waals surface area contributed by atoms with Crippen molar-refractivity contribution in [3.63, 3.8) is 0 Å². The van der Waals surface area contributed by atoms with Crippen LogP contribution >= 0.6 is 0 Å². The first kappa shape index (κ1) is 5.62. The Labute approximate surface area is 172 Å². The molecule has 2 aliphatic heterocycles. The van der Waals surface area contributed by atoms with E-state index in [0.29, 0.717) is 11.8 Å². The number of rotatable bonds is 3. The fourth-order valence-electron chi connectivity index (χ4n) is 2.66. The summed E-state index contributed by atoms with van der Waals surface area (Å²) in [6.45, 7) is -12.0. The van der Waals surface area contributed by atoms with Gasteiger partial charge in [-0.2, -0.15) is 0 Å². The summed E-state index contributed by atoms with van der Waals surface area (Å²) in [4.78, 5) is 0.312. The van der Waals surface area contributed by atoms with Gasteiger partial charge in [-0.05, 0) is 53.7 Å². The van der Waals surface area contributed by atoms with Crippen LogP contribution in [0.15, 0.2) is 12.1 Å². The van der Waals surface area contributed by atoms with E-state index in [1.165, 1.54) is 0 Å². The van der Waals surface area contributed by atoms with E-state index in [4.69, 9.17) is 35.5 Å². The van der Waals surface area contributed by atoms with Gasteiger partial charge in [-0.15, -0.1) is 0 Å². The monoisotopic (exact) mass is 352 g/mol. The Bertz CT molecular complexity index is 1250. The van der Waals surface area contributed by atoms with Crippen LogP contribution in [0, 0.1) is 11.3 Å². The van der Waals surface area contributed by atoms with Crippen LogP contribution in [-0.2, 0) is 6.37 Å². The largest absolute Gasteiger partial charge is 0.493 e. The molecule has 3 atom stereocenters. The van der Waals surface area contributed by atoms with Crippen molar-refractivity contribution in [1.82, 2.24) is 4.90 Å². The smallest absolute Gasteiger partial charge is 0.161 e. The van der Waals surface area contributed by atoms with Gasteiger partial charge in [0.25, 0.3) is 0 Å². The molecular formula is C20H31NO3. The highest BCUT2D eigenvalue weighted by atomic mass is 16.5. The number of ether oxygens (including phenoxy) is 2. The molecule has 2 aliphatic rings. The van der Waals surface area contributed by atoms with Crippen LogP contribution in [0.3, 0.4) is 0 Å². The van der Waals surface area contributed by atoms with Gasteiger partial charge in [-0.25, -0.2) is 0 Å². The molecule has 0 radical (unpaired) electrons. The van der Waals surface area contributed by atoms with E-state index in [1.807, 2.05) is 0 Å². The van der Waals surface area contributed by atoms with Gasteiger partial charge in [0.05, 0.1) is 25.7 Å². The predicted octanol–water partition coefficient (Wildman–Crippen LogP) is 3.42. The highest BCUT2D eigenvalue weighted by Gasteiger charge is 2.39. The van der Waals surface area contributed by atoms with E-state index in [2.05, 4.69) is 0 Å². The van der Waals surface area contributed by atoms with E-state index in [0.717, 1.165) is 19.2 Å². The van der Waals surface area contributed by atoms with E-state index >= 15 is 0 Å². The summed E-state index contributed by atoms with van der Waals surface area (Å²) in [5.41, 5.74) is -4.69. The number of methoxy groups -OCH3 is 2. The number of aryl methyl sites for hydroxylation is 1. The van der Waals surface area contributed by atoms with Crippen molar-refractivity contribution in [2.45, 2.75) is 51.9 Å². The zero-order valence-electron chi connectivity index (χ0n) is 32.2. The Morgan fingerprint density at radius 1 is 1.46 bits per heavy atom. The molecule has 1 aromatic rings. The fourth-order valence-corrected chi connectivity index (χ4v) is 2.66. The molecule has 2 heterocycles. The number of fused-ring (bicyclic) bond motifs is 3. The SMILES string of the molecule is [2H]C([2H])([2H])Oc1cc2c(cc1OC)C1N(CC([2H])(C([2H])([2H])C(C)(C([2H])([2H])[2H])C([2H])([2H])[2H])C([2H])(O)C1([2H])[2H])C([2H])([2H])C2([2H])[2H]. The topological polar surface area (TPSA) is 41.9 Å². The molecule has 134 valence electrons. The Morgan fingerprint density at radius 3 is 2.96 bits per heavy atom. The van der Waals surface area contributed by atoms with Gasteiger partial charge in [-0.3, -0.25) is 4.90 Å². The number of hydrogen-bond donors (Lipinski definition) is 1. The van der Waals surface area contributed by atoms with Crippen LogP contribution in [0.25, 0.3) is 0 Å². The lowest BCUT2D eigenvalue weighted by molar-refractivity contribution is -0.0259. The summed E-state index contributed by atoms with van der Waals surface area (Å²) in [6.07, 6.45) is -14.9. The first-order valence-electron chi connectivity index (χ1n) is 16.6. The average Bonchev–Trinajstić information content (AvgIpc) is 2.78. The van der Waals surface area contributed by atoms with Crippen LogP contribution in [0.5, 0.6) is 11.5 Å². The van der Waals surface area contributed by atoms with Gasteiger partial charge >= 0.3 is 0 Å². The Kier molecular flexibility index (Phi) is 1.54. The van der Waals surface area contributed by atoms with Crippen molar-refractivity contribution in [3.05, 3.63) is 23.3 Å². The minimum atomic E-state index is -4.01. The molecule has 4 heteroatoms. The minimum Gasteiger partial charge on any atom is -0.493 e. The van der Waals surface area contributed by atoms with Crippen LogP contribution in [0.2, 0.25) is 0 Å². The third-order valence-electron chi connectivity index (χ3n) is 3.67. The minimum absolute atomic E-state index is 0.312. The van der Waals surface area contributed by atoms with Crippen molar-refractivity contribution in [3.8, 4) is 11.5 Å². The normalized spacial score (nSPS) is 53.6. The van der Waals surface area contributed by atoms with Gasteiger partial charge in [0.2, 0.25) is 0 Å². The summed E-state index contributed by atoms with van der Waals surface area (Å²) >= 11 is 0. The molecule has 0 bridgehead atoms. The zero-order valence-corrected chi connectivity index (χ0v) is 13.2. The second kappa shape index (κ2) is 6.57. The van der Waals surface area contributed by atoms with E-state index in [-0.39, 0.29) is 0 Å². The van der Waals surface area contributed by atoms with Crippen LogP contribution in [0.1, 0.15) is 76.6 Å². The quantitative estimate of drug-likeness (QED) is 0.905. The molecule has 3 unspecified atom stereocenters. The third kappa shape index (κ3) is 3.40. The molecule has 4 nitrogen and oxygen atoms in total. The Hall–Kier alpha value is -1.26. The average molecular weight is 353 g/mol. The lowest BCUT2D eigenvalue weighted by atomic mass is 9.75.